The Morgan fingerprint density at radius 3 is 2.50 bits per heavy atom. The van der Waals surface area contributed by atoms with Gasteiger partial charge in [-0.05, 0) is 62.2 Å². The van der Waals surface area contributed by atoms with Gasteiger partial charge in [0.15, 0.2) is 0 Å². The van der Waals surface area contributed by atoms with Gasteiger partial charge in [0.1, 0.15) is 11.6 Å². The Morgan fingerprint density at radius 2 is 1.79 bits per heavy atom. The molecule has 0 atom stereocenters. The number of aryl methyl sites for hydroxylation is 2. The number of rotatable bonds is 3. The lowest BCUT2D eigenvalue weighted by Crippen LogP contribution is -2.16. The zero-order chi connectivity index (χ0) is 17.3. The molecule has 3 rings (SSSR count). The van der Waals surface area contributed by atoms with Gasteiger partial charge in [0, 0.05) is 11.6 Å². The monoisotopic (exact) mass is 323 g/mol. The Kier molecular flexibility index (Phi) is 4.16. The second-order valence-corrected chi connectivity index (χ2v) is 5.76. The summed E-state index contributed by atoms with van der Waals surface area (Å²) in [6.45, 7) is 5.74. The van der Waals surface area contributed by atoms with Crippen molar-refractivity contribution < 1.29 is 9.18 Å². The van der Waals surface area contributed by atoms with Crippen molar-refractivity contribution in [2.45, 2.75) is 20.8 Å². The van der Waals surface area contributed by atoms with E-state index in [0.717, 1.165) is 16.8 Å². The molecular formula is C19H18FN3O. The van der Waals surface area contributed by atoms with Gasteiger partial charge < -0.3 is 5.32 Å². The average molecular weight is 323 g/mol. The number of hydrogen-bond donors (Lipinski definition) is 1. The number of hydrogen-bond acceptors (Lipinski definition) is 2. The highest BCUT2D eigenvalue weighted by atomic mass is 19.1. The highest BCUT2D eigenvalue weighted by Crippen LogP contribution is 2.20. The molecule has 4 nitrogen and oxygen atoms in total. The minimum absolute atomic E-state index is 0.195. The summed E-state index contributed by atoms with van der Waals surface area (Å²) in [6.07, 6.45) is 0. The minimum Gasteiger partial charge on any atom is -0.306 e. The van der Waals surface area contributed by atoms with E-state index in [0.29, 0.717) is 17.1 Å². The topological polar surface area (TPSA) is 46.9 Å². The van der Waals surface area contributed by atoms with Gasteiger partial charge in [0.05, 0.1) is 11.4 Å². The molecule has 0 aliphatic rings. The van der Waals surface area contributed by atoms with Gasteiger partial charge in [-0.25, -0.2) is 9.07 Å². The lowest BCUT2D eigenvalue weighted by Gasteiger charge is -2.11. The normalized spacial score (nSPS) is 10.7. The average Bonchev–Trinajstić information content (AvgIpc) is 2.91. The van der Waals surface area contributed by atoms with E-state index in [-0.39, 0.29) is 11.7 Å². The molecule has 24 heavy (non-hydrogen) atoms. The van der Waals surface area contributed by atoms with Crippen LogP contribution in [-0.2, 0) is 0 Å². The molecule has 1 amide bonds. The fraction of sp³-hybridized carbons (Fsp3) is 0.158. The molecule has 0 radical (unpaired) electrons. The first-order valence-corrected chi connectivity index (χ1v) is 7.66. The smallest absolute Gasteiger partial charge is 0.257 e. The van der Waals surface area contributed by atoms with Gasteiger partial charge in [-0.1, -0.05) is 12.1 Å². The van der Waals surface area contributed by atoms with Gasteiger partial charge >= 0.3 is 0 Å². The molecule has 0 fully saturated rings. The van der Waals surface area contributed by atoms with Crippen LogP contribution in [0, 0.1) is 26.6 Å². The first-order chi connectivity index (χ1) is 11.5. The SMILES string of the molecule is Cc1cc(NC(=O)c2cccc(C)c2C)n(-c2ccc(F)cc2)n1. The Morgan fingerprint density at radius 1 is 1.08 bits per heavy atom. The van der Waals surface area contributed by atoms with Gasteiger partial charge in [-0.3, -0.25) is 4.79 Å². The number of aromatic nitrogens is 2. The first kappa shape index (κ1) is 15.9. The van der Waals surface area contributed by atoms with Crippen LogP contribution < -0.4 is 5.32 Å². The quantitative estimate of drug-likeness (QED) is 0.785. The van der Waals surface area contributed by atoms with E-state index in [1.54, 1.807) is 28.9 Å². The number of carbonyl (C=O) groups excluding carboxylic acids is 1. The molecule has 1 aromatic heterocycles. The summed E-state index contributed by atoms with van der Waals surface area (Å²) in [5.41, 5.74) is 4.07. The van der Waals surface area contributed by atoms with E-state index in [4.69, 9.17) is 0 Å². The third-order valence-electron chi connectivity index (χ3n) is 3.99. The van der Waals surface area contributed by atoms with Crippen molar-refractivity contribution in [3.05, 3.63) is 76.7 Å². The summed E-state index contributed by atoms with van der Waals surface area (Å²) in [6, 6.07) is 13.4. The predicted octanol–water partition coefficient (Wildman–Crippen LogP) is 4.19. The Labute approximate surface area is 139 Å². The lowest BCUT2D eigenvalue weighted by atomic mass is 10.0. The van der Waals surface area contributed by atoms with Crippen LogP contribution in [0.1, 0.15) is 27.2 Å². The van der Waals surface area contributed by atoms with Gasteiger partial charge in [-0.2, -0.15) is 5.10 Å². The molecule has 0 spiro atoms. The molecule has 0 aliphatic carbocycles. The molecule has 2 aromatic carbocycles. The number of nitrogens with zero attached hydrogens (tertiary/aromatic N) is 2. The van der Waals surface area contributed by atoms with E-state index >= 15 is 0 Å². The molecule has 0 bridgehead atoms. The number of amides is 1. The summed E-state index contributed by atoms with van der Waals surface area (Å²) in [5.74, 6) is 0.0353. The minimum atomic E-state index is -0.316. The van der Waals surface area contributed by atoms with Crippen LogP contribution in [0.15, 0.2) is 48.5 Å². The maximum Gasteiger partial charge on any atom is 0.257 e. The third-order valence-corrected chi connectivity index (χ3v) is 3.99. The van der Waals surface area contributed by atoms with Gasteiger partial charge in [0.25, 0.3) is 5.91 Å². The predicted molar refractivity (Wildman–Crippen MR) is 92.1 cm³/mol. The maximum absolute atomic E-state index is 13.1. The van der Waals surface area contributed by atoms with Crippen molar-refractivity contribution in [2.24, 2.45) is 0 Å². The molecule has 0 unspecified atom stereocenters. The zero-order valence-electron chi connectivity index (χ0n) is 13.8. The first-order valence-electron chi connectivity index (χ1n) is 7.66. The van der Waals surface area contributed by atoms with Crippen molar-refractivity contribution in [1.29, 1.82) is 0 Å². The lowest BCUT2D eigenvalue weighted by molar-refractivity contribution is 0.102. The van der Waals surface area contributed by atoms with Crippen LogP contribution in [0.5, 0.6) is 0 Å². The van der Waals surface area contributed by atoms with Crippen molar-refractivity contribution in [1.82, 2.24) is 9.78 Å². The standard InChI is InChI=1S/C19H18FN3O/c1-12-5-4-6-17(14(12)3)19(24)21-18-11-13(2)22-23(18)16-9-7-15(20)8-10-16/h4-11H,1-3H3,(H,21,24). The van der Waals surface area contributed by atoms with Gasteiger partial charge in [-0.15, -0.1) is 0 Å². The highest BCUT2D eigenvalue weighted by molar-refractivity contribution is 6.05. The fourth-order valence-electron chi connectivity index (χ4n) is 2.55. The number of nitrogens with one attached hydrogen (secondary N) is 1. The molecule has 0 saturated heterocycles. The Hall–Kier alpha value is -2.95. The molecule has 1 N–H and O–H groups in total. The zero-order valence-corrected chi connectivity index (χ0v) is 13.8. The second-order valence-electron chi connectivity index (χ2n) is 5.76. The summed E-state index contributed by atoms with van der Waals surface area (Å²) >= 11 is 0. The second kappa shape index (κ2) is 6.28. The highest BCUT2D eigenvalue weighted by Gasteiger charge is 2.14. The van der Waals surface area contributed by atoms with Crippen molar-refractivity contribution in [2.75, 3.05) is 5.32 Å². The molecule has 3 aromatic rings. The Balaban J connectivity index is 1.94. The number of carbonyl (C=O) groups is 1. The van der Waals surface area contributed by atoms with Crippen LogP contribution in [-0.4, -0.2) is 15.7 Å². The van der Waals surface area contributed by atoms with Crippen molar-refractivity contribution >= 4 is 11.7 Å². The molecule has 5 heteroatoms. The van der Waals surface area contributed by atoms with E-state index in [9.17, 15) is 9.18 Å². The molecule has 1 heterocycles. The molecule has 122 valence electrons. The number of benzene rings is 2. The summed E-state index contributed by atoms with van der Waals surface area (Å²) in [5, 5.41) is 7.27. The number of halogens is 1. The van der Waals surface area contributed by atoms with Crippen LogP contribution in [0.2, 0.25) is 0 Å². The van der Waals surface area contributed by atoms with E-state index in [1.807, 2.05) is 32.9 Å². The van der Waals surface area contributed by atoms with Crippen molar-refractivity contribution in [3.63, 3.8) is 0 Å². The number of anilines is 1. The molecular weight excluding hydrogens is 305 g/mol. The molecule has 0 aliphatic heterocycles. The van der Waals surface area contributed by atoms with E-state index in [2.05, 4.69) is 10.4 Å². The van der Waals surface area contributed by atoms with Crippen LogP contribution in [0.4, 0.5) is 10.2 Å². The third kappa shape index (κ3) is 3.06. The summed E-state index contributed by atoms with van der Waals surface area (Å²) in [4.78, 5) is 12.6. The van der Waals surface area contributed by atoms with Crippen LogP contribution >= 0.6 is 0 Å². The van der Waals surface area contributed by atoms with E-state index in [1.165, 1.54) is 12.1 Å². The summed E-state index contributed by atoms with van der Waals surface area (Å²) in [7, 11) is 0. The molecule has 0 saturated carbocycles. The maximum atomic E-state index is 13.1. The van der Waals surface area contributed by atoms with Crippen LogP contribution in [0.25, 0.3) is 5.69 Å². The summed E-state index contributed by atoms with van der Waals surface area (Å²) < 4.78 is 14.7. The van der Waals surface area contributed by atoms with Crippen LogP contribution in [0.3, 0.4) is 0 Å². The van der Waals surface area contributed by atoms with Gasteiger partial charge in [0.2, 0.25) is 0 Å². The van der Waals surface area contributed by atoms with Crippen molar-refractivity contribution in [3.8, 4) is 5.69 Å². The fourth-order valence-corrected chi connectivity index (χ4v) is 2.55. The van der Waals surface area contributed by atoms with E-state index < -0.39 is 0 Å². The largest absolute Gasteiger partial charge is 0.306 e. The Bertz CT molecular complexity index is 897.